The first-order valence-corrected chi connectivity index (χ1v) is 6.11. The number of hydrogen-bond acceptors (Lipinski definition) is 4. The predicted molar refractivity (Wildman–Crippen MR) is 72.3 cm³/mol. The first-order valence-electron chi connectivity index (χ1n) is 6.11. The Balaban J connectivity index is 2.60. The van der Waals surface area contributed by atoms with Gasteiger partial charge in [0.25, 0.3) is 0 Å². The fourth-order valence-corrected chi connectivity index (χ4v) is 1.84. The summed E-state index contributed by atoms with van der Waals surface area (Å²) in [7, 11) is 0. The second kappa shape index (κ2) is 6.78. The van der Waals surface area contributed by atoms with E-state index in [1.54, 1.807) is 6.92 Å². The molecule has 1 amide bonds. The maximum Gasteiger partial charge on any atom is 0.412 e. The fourth-order valence-electron chi connectivity index (χ4n) is 1.84. The lowest BCUT2D eigenvalue weighted by Gasteiger charge is -2.12. The van der Waals surface area contributed by atoms with Gasteiger partial charge in [0, 0.05) is 5.69 Å². The Kier molecular flexibility index (Phi) is 5.36. The number of aryl methyl sites for hydroxylation is 3. The number of anilines is 1. The normalized spacial score (nSPS) is 9.89. The van der Waals surface area contributed by atoms with Gasteiger partial charge in [0.05, 0.1) is 6.61 Å². The average Bonchev–Trinajstić information content (AvgIpc) is 2.31. The highest BCUT2D eigenvalue weighted by atomic mass is 16.6. The van der Waals surface area contributed by atoms with Gasteiger partial charge in [-0.2, -0.15) is 0 Å². The van der Waals surface area contributed by atoms with E-state index in [2.05, 4.69) is 10.1 Å². The van der Waals surface area contributed by atoms with Crippen LogP contribution in [0.4, 0.5) is 10.5 Å². The topological polar surface area (TPSA) is 64.6 Å². The monoisotopic (exact) mass is 265 g/mol. The standard InChI is InChI=1S/C14H19NO4/c1-5-18-12(16)8-19-14(17)15-13-10(3)6-9(2)7-11(13)4/h6-7H,5,8H2,1-4H3,(H,15,17). The summed E-state index contributed by atoms with van der Waals surface area (Å²) >= 11 is 0. The molecule has 0 fully saturated rings. The van der Waals surface area contributed by atoms with Gasteiger partial charge in [0.1, 0.15) is 0 Å². The van der Waals surface area contributed by atoms with Crippen molar-refractivity contribution in [3.05, 3.63) is 28.8 Å². The van der Waals surface area contributed by atoms with E-state index in [0.717, 1.165) is 16.7 Å². The van der Waals surface area contributed by atoms with Crippen molar-refractivity contribution in [2.75, 3.05) is 18.5 Å². The Morgan fingerprint density at radius 3 is 2.21 bits per heavy atom. The van der Waals surface area contributed by atoms with Crippen molar-refractivity contribution >= 4 is 17.7 Å². The van der Waals surface area contributed by atoms with Crippen LogP contribution in [-0.2, 0) is 14.3 Å². The van der Waals surface area contributed by atoms with Gasteiger partial charge < -0.3 is 9.47 Å². The third kappa shape index (κ3) is 4.62. The molecular weight excluding hydrogens is 246 g/mol. The maximum atomic E-state index is 11.6. The van der Waals surface area contributed by atoms with Gasteiger partial charge in [-0.15, -0.1) is 0 Å². The SMILES string of the molecule is CCOC(=O)COC(=O)Nc1c(C)cc(C)cc1C. The molecule has 1 rings (SSSR count). The predicted octanol–water partition coefficient (Wildman–Crippen LogP) is 2.72. The summed E-state index contributed by atoms with van der Waals surface area (Å²) in [6, 6.07) is 3.93. The Hall–Kier alpha value is -2.04. The third-order valence-corrected chi connectivity index (χ3v) is 2.53. The molecule has 0 aliphatic heterocycles. The number of carbonyl (C=O) groups excluding carboxylic acids is 2. The number of nitrogens with one attached hydrogen (secondary N) is 1. The summed E-state index contributed by atoms with van der Waals surface area (Å²) < 4.78 is 9.44. The zero-order valence-electron chi connectivity index (χ0n) is 11.7. The number of rotatable bonds is 4. The van der Waals surface area contributed by atoms with Crippen molar-refractivity contribution in [2.24, 2.45) is 0 Å². The number of esters is 1. The minimum atomic E-state index is -0.664. The molecule has 1 aromatic rings. The van der Waals surface area contributed by atoms with Crippen LogP contribution >= 0.6 is 0 Å². The van der Waals surface area contributed by atoms with Crippen LogP contribution in [0.15, 0.2) is 12.1 Å². The lowest BCUT2D eigenvalue weighted by Crippen LogP contribution is -2.21. The van der Waals surface area contributed by atoms with Gasteiger partial charge in [-0.3, -0.25) is 5.32 Å². The second-order valence-corrected chi connectivity index (χ2v) is 4.28. The minimum absolute atomic E-state index is 0.264. The van der Waals surface area contributed by atoms with Crippen LogP contribution in [0.25, 0.3) is 0 Å². The highest BCUT2D eigenvalue weighted by Gasteiger charge is 2.11. The molecule has 0 saturated heterocycles. The second-order valence-electron chi connectivity index (χ2n) is 4.28. The van der Waals surface area contributed by atoms with Crippen LogP contribution in [-0.4, -0.2) is 25.3 Å². The molecule has 0 spiro atoms. The molecule has 0 unspecified atom stereocenters. The molecule has 0 saturated carbocycles. The molecule has 0 aromatic heterocycles. The van der Waals surface area contributed by atoms with Crippen molar-refractivity contribution in [1.82, 2.24) is 0 Å². The summed E-state index contributed by atoms with van der Waals surface area (Å²) in [4.78, 5) is 22.6. The Morgan fingerprint density at radius 2 is 1.68 bits per heavy atom. The number of amides is 1. The molecule has 0 bridgehead atoms. The van der Waals surface area contributed by atoms with Crippen molar-refractivity contribution < 1.29 is 19.1 Å². The third-order valence-electron chi connectivity index (χ3n) is 2.53. The van der Waals surface area contributed by atoms with Crippen LogP contribution in [0, 0.1) is 20.8 Å². The van der Waals surface area contributed by atoms with Crippen LogP contribution < -0.4 is 5.32 Å². The van der Waals surface area contributed by atoms with E-state index in [4.69, 9.17) is 4.74 Å². The van der Waals surface area contributed by atoms with Crippen LogP contribution in [0.5, 0.6) is 0 Å². The summed E-state index contributed by atoms with van der Waals surface area (Å²) in [5, 5.41) is 2.63. The van der Waals surface area contributed by atoms with Gasteiger partial charge in [-0.1, -0.05) is 17.7 Å². The van der Waals surface area contributed by atoms with E-state index in [0.29, 0.717) is 5.69 Å². The smallest absolute Gasteiger partial charge is 0.412 e. The zero-order valence-corrected chi connectivity index (χ0v) is 11.7. The highest BCUT2D eigenvalue weighted by Crippen LogP contribution is 2.21. The summed E-state index contributed by atoms with van der Waals surface area (Å²) in [6.07, 6.45) is -0.664. The highest BCUT2D eigenvalue weighted by molar-refractivity contribution is 5.88. The van der Waals surface area contributed by atoms with Crippen LogP contribution in [0.1, 0.15) is 23.6 Å². The van der Waals surface area contributed by atoms with Crippen LogP contribution in [0.3, 0.4) is 0 Å². The molecule has 0 radical (unpaired) electrons. The Bertz CT molecular complexity index is 459. The summed E-state index contributed by atoms with van der Waals surface area (Å²) in [6.45, 7) is 7.37. The van der Waals surface area contributed by atoms with E-state index in [1.165, 1.54) is 0 Å². The molecule has 0 heterocycles. The number of carbonyl (C=O) groups is 2. The van der Waals surface area contributed by atoms with E-state index >= 15 is 0 Å². The molecule has 104 valence electrons. The molecule has 5 heteroatoms. The summed E-state index contributed by atoms with van der Waals surface area (Å²) in [5.74, 6) is -0.560. The fraction of sp³-hybridized carbons (Fsp3) is 0.429. The van der Waals surface area contributed by atoms with E-state index in [1.807, 2.05) is 32.9 Å². The minimum Gasteiger partial charge on any atom is -0.463 e. The first kappa shape index (κ1) is 15.0. The molecule has 1 N–H and O–H groups in total. The van der Waals surface area contributed by atoms with Crippen molar-refractivity contribution in [2.45, 2.75) is 27.7 Å². The molecule has 5 nitrogen and oxygen atoms in total. The first-order chi connectivity index (χ1) is 8.93. The van der Waals surface area contributed by atoms with Gasteiger partial charge in [-0.25, -0.2) is 9.59 Å². The van der Waals surface area contributed by atoms with Crippen molar-refractivity contribution in [3.63, 3.8) is 0 Å². The van der Waals surface area contributed by atoms with Gasteiger partial charge in [0.15, 0.2) is 6.61 Å². The molecule has 0 aliphatic carbocycles. The van der Waals surface area contributed by atoms with E-state index in [9.17, 15) is 9.59 Å². The van der Waals surface area contributed by atoms with Crippen molar-refractivity contribution in [3.8, 4) is 0 Å². The summed E-state index contributed by atoms with van der Waals surface area (Å²) in [5.41, 5.74) is 3.73. The number of benzene rings is 1. The largest absolute Gasteiger partial charge is 0.463 e. The van der Waals surface area contributed by atoms with Gasteiger partial charge in [-0.05, 0) is 38.8 Å². The number of ether oxygens (including phenoxy) is 2. The van der Waals surface area contributed by atoms with Crippen molar-refractivity contribution in [1.29, 1.82) is 0 Å². The lowest BCUT2D eigenvalue weighted by molar-refractivity contribution is -0.146. The van der Waals surface area contributed by atoms with E-state index in [-0.39, 0.29) is 13.2 Å². The quantitative estimate of drug-likeness (QED) is 0.850. The van der Waals surface area contributed by atoms with Crippen LogP contribution in [0.2, 0.25) is 0 Å². The van der Waals surface area contributed by atoms with E-state index < -0.39 is 12.1 Å². The Morgan fingerprint density at radius 1 is 1.11 bits per heavy atom. The van der Waals surface area contributed by atoms with Gasteiger partial charge in [0.2, 0.25) is 0 Å². The lowest BCUT2D eigenvalue weighted by atomic mass is 10.1. The molecule has 0 atom stereocenters. The number of hydrogen-bond donors (Lipinski definition) is 1. The molecule has 19 heavy (non-hydrogen) atoms. The molecule has 1 aromatic carbocycles. The zero-order chi connectivity index (χ0) is 14.4. The Labute approximate surface area is 112 Å². The van der Waals surface area contributed by atoms with Gasteiger partial charge >= 0.3 is 12.1 Å². The maximum absolute atomic E-state index is 11.6. The molecule has 0 aliphatic rings. The molecular formula is C14H19NO4. The average molecular weight is 265 g/mol.